The lowest BCUT2D eigenvalue weighted by atomic mass is 10.2. The Balaban J connectivity index is 2.85. The molecule has 1 aromatic heterocycles. The number of imidazole rings is 1. The van der Waals surface area contributed by atoms with Gasteiger partial charge in [-0.2, -0.15) is 0 Å². The summed E-state index contributed by atoms with van der Waals surface area (Å²) in [6, 6.07) is 0. The average Bonchev–Trinajstić information content (AvgIpc) is 2.39. The third-order valence-electron chi connectivity index (χ3n) is 2.15. The van der Waals surface area contributed by atoms with E-state index in [1.165, 1.54) is 0 Å². The van der Waals surface area contributed by atoms with Gasteiger partial charge in [-0.15, -0.1) is 0 Å². The molecule has 0 aliphatic carbocycles. The Morgan fingerprint density at radius 2 is 2.29 bits per heavy atom. The third kappa shape index (κ3) is 2.26. The zero-order valence-electron chi connectivity index (χ0n) is 8.25. The van der Waals surface area contributed by atoms with E-state index in [9.17, 15) is 4.79 Å². The van der Waals surface area contributed by atoms with Crippen LogP contribution < -0.4 is 0 Å². The van der Waals surface area contributed by atoms with Crippen LogP contribution in [-0.2, 0) is 24.7 Å². The molecule has 1 aromatic rings. The number of hydrogen-bond donors (Lipinski definition) is 1. The second-order valence-corrected chi connectivity index (χ2v) is 3.43. The lowest BCUT2D eigenvalue weighted by molar-refractivity contribution is -0.136. The average molecular weight is 217 g/mol. The van der Waals surface area contributed by atoms with Gasteiger partial charge in [-0.1, -0.05) is 18.5 Å². The molecule has 78 valence electrons. The smallest absolute Gasteiger partial charge is 0.303 e. The summed E-state index contributed by atoms with van der Waals surface area (Å²) in [4.78, 5) is 14.5. The molecule has 0 unspecified atom stereocenters. The molecule has 0 fully saturated rings. The number of aryl methyl sites for hydroxylation is 1. The van der Waals surface area contributed by atoms with Crippen LogP contribution in [0.4, 0.5) is 0 Å². The van der Waals surface area contributed by atoms with E-state index in [1.54, 1.807) is 0 Å². The molecule has 1 N–H and O–H groups in total. The number of aromatic nitrogens is 2. The molecule has 4 nitrogen and oxygen atoms in total. The largest absolute Gasteiger partial charge is 0.481 e. The van der Waals surface area contributed by atoms with Crippen LogP contribution in [0.3, 0.4) is 0 Å². The molecule has 14 heavy (non-hydrogen) atoms. The zero-order chi connectivity index (χ0) is 10.7. The molecule has 1 rings (SSSR count). The van der Waals surface area contributed by atoms with Crippen LogP contribution in [-0.4, -0.2) is 20.6 Å². The van der Waals surface area contributed by atoms with E-state index in [-0.39, 0.29) is 6.42 Å². The first-order chi connectivity index (χ1) is 6.56. The number of carboxylic acid groups (broad SMARTS) is 1. The maximum atomic E-state index is 10.4. The molecule has 0 saturated carbocycles. The second kappa shape index (κ2) is 4.46. The van der Waals surface area contributed by atoms with Crippen molar-refractivity contribution in [3.05, 3.63) is 16.7 Å². The number of nitrogens with zero attached hydrogens (tertiary/aromatic N) is 2. The SMILES string of the molecule is CCc1nc(Cl)c(CCC(=O)O)n1C. The minimum atomic E-state index is -0.819. The summed E-state index contributed by atoms with van der Waals surface area (Å²) < 4.78 is 1.87. The molecule has 0 atom stereocenters. The van der Waals surface area contributed by atoms with Gasteiger partial charge in [-0.05, 0) is 0 Å². The number of carbonyl (C=O) groups is 1. The number of hydrogen-bond acceptors (Lipinski definition) is 2. The highest BCUT2D eigenvalue weighted by atomic mass is 35.5. The highest BCUT2D eigenvalue weighted by Gasteiger charge is 2.12. The fraction of sp³-hybridized carbons (Fsp3) is 0.556. The Kier molecular flexibility index (Phi) is 3.52. The van der Waals surface area contributed by atoms with Crippen LogP contribution in [0.1, 0.15) is 24.9 Å². The van der Waals surface area contributed by atoms with E-state index >= 15 is 0 Å². The topological polar surface area (TPSA) is 55.1 Å². The van der Waals surface area contributed by atoms with Gasteiger partial charge in [0.1, 0.15) is 5.82 Å². The van der Waals surface area contributed by atoms with E-state index in [0.29, 0.717) is 11.6 Å². The van der Waals surface area contributed by atoms with Gasteiger partial charge in [-0.3, -0.25) is 4.79 Å². The van der Waals surface area contributed by atoms with Crippen LogP contribution in [0.2, 0.25) is 5.15 Å². The summed E-state index contributed by atoms with van der Waals surface area (Å²) in [6.45, 7) is 1.99. The molecular weight excluding hydrogens is 204 g/mol. The van der Waals surface area contributed by atoms with Crippen molar-refractivity contribution in [3.8, 4) is 0 Å². The lowest BCUT2D eigenvalue weighted by Crippen LogP contribution is -2.04. The zero-order valence-corrected chi connectivity index (χ0v) is 9.01. The van der Waals surface area contributed by atoms with Gasteiger partial charge in [0, 0.05) is 19.9 Å². The summed E-state index contributed by atoms with van der Waals surface area (Å²) in [6.07, 6.45) is 1.31. The molecule has 0 amide bonds. The van der Waals surface area contributed by atoms with E-state index in [1.807, 2.05) is 18.5 Å². The van der Waals surface area contributed by atoms with Crippen molar-refractivity contribution in [2.45, 2.75) is 26.2 Å². The minimum Gasteiger partial charge on any atom is -0.481 e. The monoisotopic (exact) mass is 216 g/mol. The summed E-state index contributed by atoms with van der Waals surface area (Å²) in [5, 5.41) is 8.97. The Labute approximate surface area is 87.5 Å². The summed E-state index contributed by atoms with van der Waals surface area (Å²) >= 11 is 5.89. The molecule has 0 saturated heterocycles. The highest BCUT2D eigenvalue weighted by molar-refractivity contribution is 6.30. The van der Waals surface area contributed by atoms with Crippen molar-refractivity contribution >= 4 is 17.6 Å². The fourth-order valence-corrected chi connectivity index (χ4v) is 1.68. The standard InChI is InChI=1S/C9H13ClN2O2/c1-3-7-11-9(10)6(12(7)2)4-5-8(13)14/h3-5H2,1-2H3,(H,13,14). The van der Waals surface area contributed by atoms with Gasteiger partial charge in [-0.25, -0.2) is 4.98 Å². The molecule has 0 aliphatic heterocycles. The van der Waals surface area contributed by atoms with Crippen molar-refractivity contribution in [1.82, 2.24) is 9.55 Å². The van der Waals surface area contributed by atoms with E-state index in [4.69, 9.17) is 16.7 Å². The van der Waals surface area contributed by atoms with E-state index in [2.05, 4.69) is 4.98 Å². The van der Waals surface area contributed by atoms with Gasteiger partial charge < -0.3 is 9.67 Å². The van der Waals surface area contributed by atoms with Crippen molar-refractivity contribution in [1.29, 1.82) is 0 Å². The van der Waals surface area contributed by atoms with Gasteiger partial charge in [0.2, 0.25) is 0 Å². The molecule has 0 bridgehead atoms. The molecule has 0 radical (unpaired) electrons. The van der Waals surface area contributed by atoms with Crippen LogP contribution in [0.25, 0.3) is 0 Å². The van der Waals surface area contributed by atoms with Crippen molar-refractivity contribution < 1.29 is 9.90 Å². The van der Waals surface area contributed by atoms with Crippen LogP contribution in [0, 0.1) is 0 Å². The van der Waals surface area contributed by atoms with Crippen LogP contribution in [0.15, 0.2) is 0 Å². The first kappa shape index (κ1) is 11.0. The summed E-state index contributed by atoms with van der Waals surface area (Å²) in [7, 11) is 1.86. The molecule has 1 heterocycles. The molecule has 0 aromatic carbocycles. The van der Waals surface area contributed by atoms with Gasteiger partial charge in [0.15, 0.2) is 5.15 Å². The van der Waals surface area contributed by atoms with E-state index in [0.717, 1.165) is 17.9 Å². The molecular formula is C9H13ClN2O2. The Morgan fingerprint density at radius 3 is 2.71 bits per heavy atom. The van der Waals surface area contributed by atoms with Gasteiger partial charge in [0.25, 0.3) is 0 Å². The first-order valence-electron chi connectivity index (χ1n) is 4.48. The minimum absolute atomic E-state index is 0.0857. The third-order valence-corrected chi connectivity index (χ3v) is 2.45. The first-order valence-corrected chi connectivity index (χ1v) is 4.85. The Bertz CT molecular complexity index is 347. The number of carboxylic acids is 1. The van der Waals surface area contributed by atoms with Gasteiger partial charge >= 0.3 is 5.97 Å². The summed E-state index contributed by atoms with van der Waals surface area (Å²) in [5.41, 5.74) is 0.797. The Hall–Kier alpha value is -1.03. The van der Waals surface area contributed by atoms with Crippen LogP contribution in [0.5, 0.6) is 0 Å². The normalized spacial score (nSPS) is 10.5. The van der Waals surface area contributed by atoms with Crippen molar-refractivity contribution in [2.24, 2.45) is 7.05 Å². The van der Waals surface area contributed by atoms with Crippen molar-refractivity contribution in [2.75, 3.05) is 0 Å². The maximum Gasteiger partial charge on any atom is 0.303 e. The number of aliphatic carboxylic acids is 1. The highest BCUT2D eigenvalue weighted by Crippen LogP contribution is 2.18. The second-order valence-electron chi connectivity index (χ2n) is 3.07. The number of halogens is 1. The predicted molar refractivity (Wildman–Crippen MR) is 53.6 cm³/mol. The maximum absolute atomic E-state index is 10.4. The van der Waals surface area contributed by atoms with Crippen LogP contribution >= 0.6 is 11.6 Å². The van der Waals surface area contributed by atoms with Gasteiger partial charge in [0.05, 0.1) is 12.1 Å². The quantitative estimate of drug-likeness (QED) is 0.833. The lowest BCUT2D eigenvalue weighted by Gasteiger charge is -2.02. The molecule has 0 aliphatic rings. The molecule has 5 heteroatoms. The summed E-state index contributed by atoms with van der Waals surface area (Å²) in [5.74, 6) is 0.0655. The molecule has 0 spiro atoms. The van der Waals surface area contributed by atoms with Crippen molar-refractivity contribution in [3.63, 3.8) is 0 Å². The Morgan fingerprint density at radius 1 is 1.64 bits per heavy atom. The predicted octanol–water partition coefficient (Wildman–Crippen LogP) is 1.65. The fourth-order valence-electron chi connectivity index (χ4n) is 1.36. The number of rotatable bonds is 4. The van der Waals surface area contributed by atoms with E-state index < -0.39 is 5.97 Å².